The number of nitrogens with zero attached hydrogens (tertiary/aromatic N) is 2. The summed E-state index contributed by atoms with van der Waals surface area (Å²) < 4.78 is 43.0. The van der Waals surface area contributed by atoms with Crippen LogP contribution >= 0.6 is 0 Å². The Morgan fingerprint density at radius 3 is 2.58 bits per heavy atom. The fourth-order valence-corrected chi connectivity index (χ4v) is 1.79. The van der Waals surface area contributed by atoms with Crippen LogP contribution in [-0.4, -0.2) is 35.5 Å². The lowest BCUT2D eigenvalue weighted by molar-refractivity contribution is -0.130. The van der Waals surface area contributed by atoms with Crippen molar-refractivity contribution >= 4 is 5.91 Å². The minimum absolute atomic E-state index is 0.191. The third-order valence-electron chi connectivity index (χ3n) is 2.49. The molecule has 0 aliphatic heterocycles. The largest absolute Gasteiger partial charge is 0.481 e. The lowest BCUT2D eigenvalue weighted by Crippen LogP contribution is -2.39. The Balaban J connectivity index is 3.10. The second-order valence-electron chi connectivity index (χ2n) is 3.96. The molecule has 0 bridgehead atoms. The number of ether oxygens (including phenoxy) is 1. The Hall–Kier alpha value is -1.77. The Kier molecular flexibility index (Phi) is 4.40. The minimum atomic E-state index is -4.45. The van der Waals surface area contributed by atoms with Crippen molar-refractivity contribution in [2.75, 3.05) is 13.7 Å². The molecule has 1 heterocycles. The number of primary amides is 1. The zero-order valence-electron chi connectivity index (χ0n) is 10.7. The van der Waals surface area contributed by atoms with Crippen molar-refractivity contribution in [3.05, 3.63) is 11.3 Å². The molecule has 19 heavy (non-hydrogen) atoms. The van der Waals surface area contributed by atoms with E-state index in [1.54, 1.807) is 14.0 Å². The summed E-state index contributed by atoms with van der Waals surface area (Å²) in [7, 11) is 2.89. The molecule has 1 unspecified atom stereocenters. The van der Waals surface area contributed by atoms with Gasteiger partial charge >= 0.3 is 6.18 Å². The monoisotopic (exact) mass is 280 g/mol. The minimum Gasteiger partial charge on any atom is -0.481 e. The topological polar surface area (TPSA) is 82.2 Å². The summed E-state index contributed by atoms with van der Waals surface area (Å²) in [6.45, 7) is 0.223. The van der Waals surface area contributed by atoms with Crippen LogP contribution in [-0.2, 0) is 11.8 Å². The molecule has 1 atom stereocenters. The predicted octanol–water partition coefficient (Wildman–Crippen LogP) is 0.415. The number of methoxy groups -OCH3 is 1. The van der Waals surface area contributed by atoms with Gasteiger partial charge in [-0.1, -0.05) is 0 Å². The van der Waals surface area contributed by atoms with Gasteiger partial charge in [-0.3, -0.25) is 10.1 Å². The van der Waals surface area contributed by atoms with Crippen LogP contribution in [0.3, 0.4) is 0 Å². The predicted molar refractivity (Wildman–Crippen MR) is 60.5 cm³/mol. The normalized spacial score (nSPS) is 13.4. The van der Waals surface area contributed by atoms with Gasteiger partial charge in [-0.2, -0.15) is 18.3 Å². The van der Waals surface area contributed by atoms with Crippen molar-refractivity contribution in [1.82, 2.24) is 15.1 Å². The number of aryl methyl sites for hydroxylation is 2. The Bertz CT molecular complexity index is 470. The maximum absolute atomic E-state index is 12.2. The number of nitrogens with two attached hydrogens (primary N) is 1. The first-order valence-electron chi connectivity index (χ1n) is 5.34. The summed E-state index contributed by atoms with van der Waals surface area (Å²) in [5.74, 6) is -0.741. The Morgan fingerprint density at radius 1 is 1.58 bits per heavy atom. The van der Waals surface area contributed by atoms with E-state index >= 15 is 0 Å². The van der Waals surface area contributed by atoms with Gasteiger partial charge in [-0.25, -0.2) is 4.68 Å². The highest BCUT2D eigenvalue weighted by Gasteiger charge is 2.33. The van der Waals surface area contributed by atoms with E-state index < -0.39 is 24.7 Å². The third kappa shape index (κ3) is 3.60. The quantitative estimate of drug-likeness (QED) is 0.818. The van der Waals surface area contributed by atoms with E-state index in [1.807, 2.05) is 0 Å². The van der Waals surface area contributed by atoms with Crippen LogP contribution in [0, 0.1) is 6.92 Å². The molecule has 0 aliphatic carbocycles. The average Bonchev–Trinajstić information content (AvgIpc) is 2.52. The number of carbonyl (C=O) groups is 1. The van der Waals surface area contributed by atoms with E-state index in [9.17, 15) is 18.0 Å². The van der Waals surface area contributed by atoms with Gasteiger partial charge in [0.15, 0.2) is 0 Å². The molecule has 0 radical (unpaired) electrons. The van der Waals surface area contributed by atoms with Crippen LogP contribution in [0.15, 0.2) is 0 Å². The number of nitrogens with one attached hydrogen (secondary N) is 1. The zero-order valence-corrected chi connectivity index (χ0v) is 10.7. The van der Waals surface area contributed by atoms with Gasteiger partial charge in [0, 0.05) is 7.05 Å². The lowest BCUT2D eigenvalue weighted by Gasteiger charge is -2.17. The van der Waals surface area contributed by atoms with Gasteiger partial charge in [0.05, 0.1) is 24.9 Å². The lowest BCUT2D eigenvalue weighted by atomic mass is 10.1. The van der Waals surface area contributed by atoms with Crippen LogP contribution in [0.1, 0.15) is 17.3 Å². The number of alkyl halides is 3. The van der Waals surface area contributed by atoms with Crippen molar-refractivity contribution in [3.8, 4) is 5.88 Å². The molecule has 9 heteroatoms. The number of hydrogen-bond acceptors (Lipinski definition) is 4. The summed E-state index contributed by atoms with van der Waals surface area (Å²) in [6, 6.07) is -1.31. The molecule has 0 saturated heterocycles. The first-order chi connectivity index (χ1) is 8.67. The standard InChI is InChI=1S/C10H15F3N4O2/c1-5-6(9(19-3)17(2)16-5)7(8(14)18)15-4-10(11,12)13/h7,15H,4H2,1-3H3,(H2,14,18). The first-order valence-corrected chi connectivity index (χ1v) is 5.34. The van der Waals surface area contributed by atoms with E-state index in [2.05, 4.69) is 10.4 Å². The smallest absolute Gasteiger partial charge is 0.401 e. The first kappa shape index (κ1) is 15.3. The highest BCUT2D eigenvalue weighted by molar-refractivity contribution is 5.82. The molecule has 108 valence electrons. The number of rotatable bonds is 5. The van der Waals surface area contributed by atoms with E-state index in [-0.39, 0.29) is 11.4 Å². The van der Waals surface area contributed by atoms with E-state index in [1.165, 1.54) is 11.8 Å². The molecule has 0 aliphatic rings. The fraction of sp³-hybridized carbons (Fsp3) is 0.600. The highest BCUT2D eigenvalue weighted by Crippen LogP contribution is 2.28. The fourth-order valence-electron chi connectivity index (χ4n) is 1.79. The number of carbonyl (C=O) groups excluding carboxylic acids is 1. The van der Waals surface area contributed by atoms with Gasteiger partial charge in [0.2, 0.25) is 11.8 Å². The van der Waals surface area contributed by atoms with Gasteiger partial charge in [-0.15, -0.1) is 0 Å². The maximum Gasteiger partial charge on any atom is 0.401 e. The Labute approximate surface area is 107 Å². The summed E-state index contributed by atoms with van der Waals surface area (Å²) >= 11 is 0. The van der Waals surface area contributed by atoms with Crippen molar-refractivity contribution in [1.29, 1.82) is 0 Å². The average molecular weight is 280 g/mol. The summed E-state index contributed by atoms with van der Waals surface area (Å²) in [4.78, 5) is 11.3. The van der Waals surface area contributed by atoms with E-state index in [4.69, 9.17) is 10.5 Å². The van der Waals surface area contributed by atoms with Crippen LogP contribution in [0.4, 0.5) is 13.2 Å². The van der Waals surface area contributed by atoms with Gasteiger partial charge in [-0.05, 0) is 6.92 Å². The molecule has 0 spiro atoms. The molecule has 0 fully saturated rings. The number of amides is 1. The van der Waals surface area contributed by atoms with Crippen LogP contribution in [0.5, 0.6) is 5.88 Å². The SMILES string of the molecule is COc1c(C(NCC(F)(F)F)C(N)=O)c(C)nn1C. The van der Waals surface area contributed by atoms with Crippen LogP contribution in [0.2, 0.25) is 0 Å². The Morgan fingerprint density at radius 2 is 2.16 bits per heavy atom. The second kappa shape index (κ2) is 5.47. The van der Waals surface area contributed by atoms with Crippen molar-refractivity contribution in [3.63, 3.8) is 0 Å². The molecular weight excluding hydrogens is 265 g/mol. The molecule has 6 nitrogen and oxygen atoms in total. The molecule has 1 amide bonds. The second-order valence-corrected chi connectivity index (χ2v) is 3.96. The molecular formula is C10H15F3N4O2. The molecule has 0 saturated carbocycles. The van der Waals surface area contributed by atoms with Crippen LogP contribution in [0.25, 0.3) is 0 Å². The summed E-state index contributed by atoms with van der Waals surface area (Å²) in [5, 5.41) is 6.06. The maximum atomic E-state index is 12.2. The van der Waals surface area contributed by atoms with E-state index in [0.29, 0.717) is 5.69 Å². The van der Waals surface area contributed by atoms with Crippen LogP contribution < -0.4 is 15.8 Å². The highest BCUT2D eigenvalue weighted by atomic mass is 19.4. The molecule has 1 aromatic rings. The number of halogens is 3. The van der Waals surface area contributed by atoms with Gasteiger partial charge < -0.3 is 10.5 Å². The number of hydrogen-bond donors (Lipinski definition) is 2. The van der Waals surface area contributed by atoms with Crippen molar-refractivity contribution in [2.45, 2.75) is 19.1 Å². The van der Waals surface area contributed by atoms with Crippen molar-refractivity contribution < 1.29 is 22.7 Å². The summed E-state index contributed by atoms with van der Waals surface area (Å²) in [5.41, 5.74) is 5.72. The summed E-state index contributed by atoms with van der Waals surface area (Å²) in [6.07, 6.45) is -4.45. The molecule has 1 rings (SSSR count). The zero-order chi connectivity index (χ0) is 14.8. The van der Waals surface area contributed by atoms with Gasteiger partial charge in [0.25, 0.3) is 0 Å². The third-order valence-corrected chi connectivity index (χ3v) is 2.49. The van der Waals surface area contributed by atoms with Gasteiger partial charge in [0.1, 0.15) is 6.04 Å². The molecule has 3 N–H and O–H groups in total. The van der Waals surface area contributed by atoms with Crippen molar-refractivity contribution in [2.24, 2.45) is 12.8 Å². The number of aromatic nitrogens is 2. The van der Waals surface area contributed by atoms with E-state index in [0.717, 1.165) is 0 Å². The molecule has 0 aromatic carbocycles. The molecule has 1 aromatic heterocycles.